The van der Waals surface area contributed by atoms with Gasteiger partial charge in [-0.3, -0.25) is 0 Å². The Morgan fingerprint density at radius 3 is 3.00 bits per heavy atom. The second-order valence-electron chi connectivity index (χ2n) is 4.23. The van der Waals surface area contributed by atoms with Crippen molar-refractivity contribution >= 4 is 11.3 Å². The van der Waals surface area contributed by atoms with Crippen LogP contribution in [0.5, 0.6) is 0 Å². The van der Waals surface area contributed by atoms with Crippen LogP contribution in [0.1, 0.15) is 24.3 Å². The van der Waals surface area contributed by atoms with Crippen LogP contribution in [0.3, 0.4) is 0 Å². The van der Waals surface area contributed by atoms with Crippen LogP contribution in [-0.2, 0) is 0 Å². The number of fused-ring (bicyclic) bond motifs is 1. The molecule has 16 heavy (non-hydrogen) atoms. The maximum Gasteiger partial charge on any atom is 0.151 e. The van der Waals surface area contributed by atoms with Crippen molar-refractivity contribution < 1.29 is 0 Å². The highest BCUT2D eigenvalue weighted by Gasteiger charge is 2.19. The number of nitrogens with one attached hydrogen (secondary N) is 1. The summed E-state index contributed by atoms with van der Waals surface area (Å²) < 4.78 is 1.82. The molecule has 0 amide bonds. The van der Waals surface area contributed by atoms with Gasteiger partial charge in [0.15, 0.2) is 5.82 Å². The molecule has 0 saturated carbocycles. The van der Waals surface area contributed by atoms with E-state index in [4.69, 9.17) is 5.73 Å². The van der Waals surface area contributed by atoms with Gasteiger partial charge in [-0.15, -0.1) is 0 Å². The van der Waals surface area contributed by atoms with Gasteiger partial charge >= 0.3 is 0 Å². The highest BCUT2D eigenvalue weighted by Crippen LogP contribution is 2.30. The van der Waals surface area contributed by atoms with Gasteiger partial charge in [-0.25, -0.2) is 9.50 Å². The number of piperidine rings is 1. The molecule has 0 spiro atoms. The lowest BCUT2D eigenvalue weighted by Gasteiger charge is -2.22. The van der Waals surface area contributed by atoms with Crippen molar-refractivity contribution in [3.8, 4) is 0 Å². The third kappa shape index (κ3) is 1.44. The Morgan fingerprint density at radius 2 is 2.19 bits per heavy atom. The third-order valence-corrected chi connectivity index (χ3v) is 3.29. The van der Waals surface area contributed by atoms with Crippen molar-refractivity contribution in [2.75, 3.05) is 18.8 Å². The number of aromatic nitrogens is 3. The average molecular weight is 217 g/mol. The summed E-state index contributed by atoms with van der Waals surface area (Å²) in [6, 6.07) is 2.12. The van der Waals surface area contributed by atoms with Crippen LogP contribution in [-0.4, -0.2) is 27.7 Å². The van der Waals surface area contributed by atoms with Crippen molar-refractivity contribution in [1.82, 2.24) is 19.9 Å². The Labute approximate surface area is 93.7 Å². The van der Waals surface area contributed by atoms with Crippen LogP contribution in [0.2, 0.25) is 0 Å². The van der Waals surface area contributed by atoms with Crippen molar-refractivity contribution in [2.24, 2.45) is 0 Å². The van der Waals surface area contributed by atoms with E-state index in [0.29, 0.717) is 11.7 Å². The molecule has 1 aliphatic heterocycles. The molecule has 3 rings (SSSR count). The number of nitrogens with two attached hydrogens (primary N) is 1. The summed E-state index contributed by atoms with van der Waals surface area (Å²) in [5.41, 5.74) is 8.19. The molecule has 0 bridgehead atoms. The number of anilines is 1. The number of hydrogen-bond donors (Lipinski definition) is 2. The van der Waals surface area contributed by atoms with Gasteiger partial charge in [0, 0.05) is 6.20 Å². The average Bonchev–Trinajstić information content (AvgIpc) is 2.75. The van der Waals surface area contributed by atoms with Crippen LogP contribution in [0.25, 0.3) is 5.52 Å². The van der Waals surface area contributed by atoms with Gasteiger partial charge in [-0.05, 0) is 43.5 Å². The first kappa shape index (κ1) is 9.59. The van der Waals surface area contributed by atoms with E-state index in [9.17, 15) is 0 Å². The number of nitrogen functional groups attached to an aromatic ring is 1. The highest BCUT2D eigenvalue weighted by molar-refractivity contribution is 5.70. The number of hydrogen-bond acceptors (Lipinski definition) is 4. The van der Waals surface area contributed by atoms with Gasteiger partial charge in [0.05, 0.1) is 0 Å². The molecule has 5 nitrogen and oxygen atoms in total. The molecule has 5 heteroatoms. The fourth-order valence-corrected chi connectivity index (χ4v) is 2.47. The Hall–Kier alpha value is -1.62. The van der Waals surface area contributed by atoms with Crippen LogP contribution in [0, 0.1) is 0 Å². The molecular weight excluding hydrogens is 202 g/mol. The van der Waals surface area contributed by atoms with E-state index in [0.717, 1.165) is 31.4 Å². The van der Waals surface area contributed by atoms with Gasteiger partial charge in [0.2, 0.25) is 0 Å². The van der Waals surface area contributed by atoms with E-state index in [1.165, 1.54) is 11.9 Å². The molecule has 1 saturated heterocycles. The zero-order chi connectivity index (χ0) is 11.0. The quantitative estimate of drug-likeness (QED) is 0.740. The molecule has 1 fully saturated rings. The van der Waals surface area contributed by atoms with Crippen molar-refractivity contribution in [2.45, 2.75) is 18.8 Å². The minimum Gasteiger partial charge on any atom is -0.382 e. The summed E-state index contributed by atoms with van der Waals surface area (Å²) in [6.07, 6.45) is 5.78. The monoisotopic (exact) mass is 217 g/mol. The van der Waals surface area contributed by atoms with Gasteiger partial charge in [-0.2, -0.15) is 5.10 Å². The second kappa shape index (κ2) is 3.75. The highest BCUT2D eigenvalue weighted by atomic mass is 15.2. The smallest absolute Gasteiger partial charge is 0.151 e. The fraction of sp³-hybridized carbons (Fsp3) is 0.455. The summed E-state index contributed by atoms with van der Waals surface area (Å²) in [5.74, 6) is 1.16. The summed E-state index contributed by atoms with van der Waals surface area (Å²) in [6.45, 7) is 2.16. The predicted octanol–water partition coefficient (Wildman–Crippen LogP) is 0.778. The van der Waals surface area contributed by atoms with E-state index in [-0.39, 0.29) is 0 Å². The van der Waals surface area contributed by atoms with Gasteiger partial charge in [0.1, 0.15) is 11.8 Å². The maximum absolute atomic E-state index is 5.92. The minimum atomic E-state index is 0.577. The van der Waals surface area contributed by atoms with E-state index in [1.807, 2.05) is 10.7 Å². The Bertz CT molecular complexity index is 498. The topological polar surface area (TPSA) is 68.2 Å². The lowest BCUT2D eigenvalue weighted by atomic mass is 9.91. The molecular formula is C11H15N5. The van der Waals surface area contributed by atoms with E-state index >= 15 is 0 Å². The first-order valence-corrected chi connectivity index (χ1v) is 5.64. The Balaban J connectivity index is 2.09. The predicted molar refractivity (Wildman–Crippen MR) is 62.2 cm³/mol. The molecule has 84 valence electrons. The molecule has 3 heterocycles. The van der Waals surface area contributed by atoms with E-state index < -0.39 is 0 Å². The fourth-order valence-electron chi connectivity index (χ4n) is 2.47. The third-order valence-electron chi connectivity index (χ3n) is 3.29. The Kier molecular flexibility index (Phi) is 2.25. The molecule has 0 aromatic carbocycles. The second-order valence-corrected chi connectivity index (χ2v) is 4.23. The molecule has 2 aromatic heterocycles. The van der Waals surface area contributed by atoms with Crippen LogP contribution in [0.15, 0.2) is 18.6 Å². The minimum absolute atomic E-state index is 0.577. The SMILES string of the molecule is Nc1ncnn2ccc(C3CCNCC3)c12. The molecule has 0 aliphatic carbocycles. The van der Waals surface area contributed by atoms with Gasteiger partial charge in [-0.1, -0.05) is 0 Å². The van der Waals surface area contributed by atoms with Gasteiger partial charge in [0.25, 0.3) is 0 Å². The standard InChI is InChI=1S/C11H15N5/c12-11-10-9(8-1-4-13-5-2-8)3-6-16(10)15-7-14-11/h3,6-8,13H,1-2,4-5H2,(H2,12,14,15). The maximum atomic E-state index is 5.92. The number of rotatable bonds is 1. The van der Waals surface area contributed by atoms with Crippen molar-refractivity contribution in [3.05, 3.63) is 24.2 Å². The summed E-state index contributed by atoms with van der Waals surface area (Å²) in [4.78, 5) is 4.07. The van der Waals surface area contributed by atoms with E-state index in [2.05, 4.69) is 21.5 Å². The lowest BCUT2D eigenvalue weighted by molar-refractivity contribution is 0.462. The van der Waals surface area contributed by atoms with Gasteiger partial charge < -0.3 is 11.1 Å². The molecule has 0 atom stereocenters. The zero-order valence-corrected chi connectivity index (χ0v) is 9.06. The molecule has 0 radical (unpaired) electrons. The normalized spacial score (nSPS) is 18.0. The molecule has 0 unspecified atom stereocenters. The summed E-state index contributed by atoms with van der Waals surface area (Å²) in [7, 11) is 0. The van der Waals surface area contributed by atoms with Crippen molar-refractivity contribution in [3.63, 3.8) is 0 Å². The summed E-state index contributed by atoms with van der Waals surface area (Å²) in [5, 5.41) is 7.54. The molecule has 3 N–H and O–H groups in total. The van der Waals surface area contributed by atoms with Crippen molar-refractivity contribution in [1.29, 1.82) is 0 Å². The largest absolute Gasteiger partial charge is 0.382 e. The van der Waals surface area contributed by atoms with Crippen LogP contribution < -0.4 is 11.1 Å². The zero-order valence-electron chi connectivity index (χ0n) is 9.06. The molecule has 2 aromatic rings. The number of nitrogens with zero attached hydrogens (tertiary/aromatic N) is 3. The Morgan fingerprint density at radius 1 is 1.38 bits per heavy atom. The summed E-state index contributed by atoms with van der Waals surface area (Å²) >= 11 is 0. The molecule has 1 aliphatic rings. The lowest BCUT2D eigenvalue weighted by Crippen LogP contribution is -2.26. The van der Waals surface area contributed by atoms with Crippen LogP contribution >= 0.6 is 0 Å². The first-order chi connectivity index (χ1) is 7.86. The van der Waals surface area contributed by atoms with Crippen LogP contribution in [0.4, 0.5) is 5.82 Å². The van der Waals surface area contributed by atoms with E-state index in [1.54, 1.807) is 0 Å². The first-order valence-electron chi connectivity index (χ1n) is 5.64.